The second-order valence-electron chi connectivity index (χ2n) is 6.42. The molecule has 0 spiro atoms. The zero-order valence-electron chi connectivity index (χ0n) is 15.2. The smallest absolute Gasteiger partial charge is 0.257 e. The Labute approximate surface area is 172 Å². The molecule has 2 heterocycles. The summed E-state index contributed by atoms with van der Waals surface area (Å²) in [5.41, 5.74) is 1.27. The fourth-order valence-corrected chi connectivity index (χ4v) is 6.20. The molecule has 0 bridgehead atoms. The molecule has 6 nitrogen and oxygen atoms in total. The number of hydrogen-bond donors (Lipinski definition) is 1. The first-order chi connectivity index (χ1) is 13.5. The van der Waals surface area contributed by atoms with Gasteiger partial charge in [0, 0.05) is 23.5 Å². The molecule has 3 aromatic rings. The van der Waals surface area contributed by atoms with Crippen molar-refractivity contribution >= 4 is 54.4 Å². The van der Waals surface area contributed by atoms with Gasteiger partial charge in [-0.15, -0.1) is 11.8 Å². The van der Waals surface area contributed by atoms with Crippen LogP contribution >= 0.6 is 23.1 Å². The quantitative estimate of drug-likeness (QED) is 0.614. The molecule has 1 aliphatic heterocycles. The number of carbonyl (C=O) groups excluding carboxylic acids is 1. The molecule has 2 aromatic carbocycles. The average Bonchev–Trinajstić information content (AvgIpc) is 3.37. The van der Waals surface area contributed by atoms with Crippen molar-refractivity contribution in [2.24, 2.45) is 0 Å². The van der Waals surface area contributed by atoms with Crippen LogP contribution in [0.3, 0.4) is 0 Å². The number of hydrogen-bond acceptors (Lipinski definition) is 6. The van der Waals surface area contributed by atoms with Crippen molar-refractivity contribution in [3.63, 3.8) is 0 Å². The van der Waals surface area contributed by atoms with Gasteiger partial charge in [-0.3, -0.25) is 10.1 Å². The van der Waals surface area contributed by atoms with Crippen LogP contribution in [0.2, 0.25) is 0 Å². The Kier molecular flexibility index (Phi) is 5.42. The number of thiazole rings is 1. The van der Waals surface area contributed by atoms with Crippen LogP contribution in [0.1, 0.15) is 23.2 Å². The molecule has 1 aliphatic rings. The summed E-state index contributed by atoms with van der Waals surface area (Å²) in [5.74, 6) is -0.310. The Hall–Kier alpha value is -1.94. The number of fused-ring (bicyclic) bond motifs is 1. The van der Waals surface area contributed by atoms with Gasteiger partial charge in [-0.1, -0.05) is 17.4 Å². The van der Waals surface area contributed by atoms with Crippen LogP contribution in [-0.4, -0.2) is 43.0 Å². The minimum atomic E-state index is -3.48. The van der Waals surface area contributed by atoms with Crippen LogP contribution in [0, 0.1) is 0 Å². The number of para-hydroxylation sites is 1. The van der Waals surface area contributed by atoms with E-state index in [-0.39, 0.29) is 10.8 Å². The predicted molar refractivity (Wildman–Crippen MR) is 114 cm³/mol. The molecule has 0 saturated carbocycles. The van der Waals surface area contributed by atoms with E-state index in [1.54, 1.807) is 23.9 Å². The van der Waals surface area contributed by atoms with Crippen LogP contribution < -0.4 is 5.32 Å². The van der Waals surface area contributed by atoms with E-state index in [2.05, 4.69) is 10.3 Å². The third-order valence-electron chi connectivity index (χ3n) is 4.64. The maximum atomic E-state index is 12.6. The Morgan fingerprint density at radius 2 is 1.86 bits per heavy atom. The third-order valence-corrected chi connectivity index (χ3v) is 8.26. The summed E-state index contributed by atoms with van der Waals surface area (Å²) in [7, 11) is -3.48. The standard InChI is InChI=1S/C19H19N3O3S3/c1-26-15-5-4-6-16-17(15)20-19(27-16)21-18(23)13-7-9-14(10-8-13)28(24,25)22-11-2-3-12-22/h4-10H,2-3,11-12H2,1H3,(H,20,21,23). The number of nitrogens with one attached hydrogen (secondary N) is 1. The van der Waals surface area contributed by atoms with Gasteiger partial charge in [-0.05, 0) is 55.5 Å². The molecule has 1 amide bonds. The molecule has 146 valence electrons. The number of benzene rings is 2. The monoisotopic (exact) mass is 433 g/mol. The number of aromatic nitrogens is 1. The average molecular weight is 434 g/mol. The molecule has 1 fully saturated rings. The molecule has 1 N–H and O–H groups in total. The van der Waals surface area contributed by atoms with Gasteiger partial charge < -0.3 is 0 Å². The van der Waals surface area contributed by atoms with Crippen molar-refractivity contribution in [3.05, 3.63) is 48.0 Å². The largest absolute Gasteiger partial charge is 0.298 e. The van der Waals surface area contributed by atoms with Gasteiger partial charge >= 0.3 is 0 Å². The van der Waals surface area contributed by atoms with Crippen molar-refractivity contribution in [1.29, 1.82) is 0 Å². The van der Waals surface area contributed by atoms with Crippen LogP contribution in [0.15, 0.2) is 52.3 Å². The molecule has 4 rings (SSSR count). The number of amides is 1. The predicted octanol–water partition coefficient (Wildman–Crippen LogP) is 4.06. The highest BCUT2D eigenvalue weighted by Gasteiger charge is 2.27. The first-order valence-electron chi connectivity index (χ1n) is 8.84. The lowest BCUT2D eigenvalue weighted by molar-refractivity contribution is 0.102. The van der Waals surface area contributed by atoms with E-state index in [4.69, 9.17) is 0 Å². The SMILES string of the molecule is CSc1cccc2sc(NC(=O)c3ccc(S(=O)(=O)N4CCCC4)cc3)nc12. The van der Waals surface area contributed by atoms with Crippen LogP contribution in [-0.2, 0) is 10.0 Å². The topological polar surface area (TPSA) is 79.4 Å². The summed E-state index contributed by atoms with van der Waals surface area (Å²) in [6.07, 6.45) is 3.77. The van der Waals surface area contributed by atoms with Gasteiger partial charge in [0.2, 0.25) is 10.0 Å². The fourth-order valence-electron chi connectivity index (χ4n) is 3.17. The molecular formula is C19H19N3O3S3. The zero-order chi connectivity index (χ0) is 19.7. The summed E-state index contributed by atoms with van der Waals surface area (Å²) < 4.78 is 27.7. The van der Waals surface area contributed by atoms with Gasteiger partial charge in [0.05, 0.1) is 15.1 Å². The first-order valence-corrected chi connectivity index (χ1v) is 12.3. The van der Waals surface area contributed by atoms with E-state index in [0.29, 0.717) is 23.8 Å². The van der Waals surface area contributed by atoms with Crippen molar-refractivity contribution in [2.45, 2.75) is 22.6 Å². The minimum Gasteiger partial charge on any atom is -0.298 e. The molecule has 0 atom stereocenters. The van der Waals surface area contributed by atoms with Crippen molar-refractivity contribution in [2.75, 3.05) is 24.7 Å². The lowest BCUT2D eigenvalue weighted by Crippen LogP contribution is -2.27. The molecule has 28 heavy (non-hydrogen) atoms. The number of sulfonamides is 1. The number of thioether (sulfide) groups is 1. The molecule has 0 aliphatic carbocycles. The van der Waals surface area contributed by atoms with Crippen LogP contribution in [0.4, 0.5) is 5.13 Å². The molecule has 9 heteroatoms. The van der Waals surface area contributed by atoms with Crippen LogP contribution in [0.5, 0.6) is 0 Å². The summed E-state index contributed by atoms with van der Waals surface area (Å²) >= 11 is 3.03. The maximum absolute atomic E-state index is 12.6. The van der Waals surface area contributed by atoms with E-state index >= 15 is 0 Å². The van der Waals surface area contributed by atoms with Gasteiger partial charge in [0.25, 0.3) is 5.91 Å². The van der Waals surface area contributed by atoms with Gasteiger partial charge in [-0.25, -0.2) is 13.4 Å². The van der Waals surface area contributed by atoms with Gasteiger partial charge in [-0.2, -0.15) is 4.31 Å². The van der Waals surface area contributed by atoms with E-state index in [1.165, 1.54) is 27.8 Å². The van der Waals surface area contributed by atoms with Crippen molar-refractivity contribution < 1.29 is 13.2 Å². The number of carbonyl (C=O) groups is 1. The Morgan fingerprint density at radius 3 is 2.54 bits per heavy atom. The summed E-state index contributed by atoms with van der Waals surface area (Å²) in [5, 5.41) is 3.34. The zero-order valence-corrected chi connectivity index (χ0v) is 17.7. The lowest BCUT2D eigenvalue weighted by Gasteiger charge is -2.15. The van der Waals surface area contributed by atoms with E-state index in [1.807, 2.05) is 24.5 Å². The molecule has 1 aromatic heterocycles. The normalized spacial score (nSPS) is 15.2. The summed E-state index contributed by atoms with van der Waals surface area (Å²) in [4.78, 5) is 18.4. The Bertz CT molecular complexity index is 1120. The highest BCUT2D eigenvalue weighted by atomic mass is 32.2. The van der Waals surface area contributed by atoms with Gasteiger partial charge in [0.1, 0.15) is 0 Å². The second kappa shape index (κ2) is 7.82. The Balaban J connectivity index is 1.52. The fraction of sp³-hybridized carbons (Fsp3) is 0.263. The van der Waals surface area contributed by atoms with E-state index < -0.39 is 10.0 Å². The van der Waals surface area contributed by atoms with Crippen molar-refractivity contribution in [1.82, 2.24) is 9.29 Å². The molecular weight excluding hydrogens is 414 g/mol. The van der Waals surface area contributed by atoms with E-state index in [9.17, 15) is 13.2 Å². The second-order valence-corrected chi connectivity index (χ2v) is 10.2. The van der Waals surface area contributed by atoms with E-state index in [0.717, 1.165) is 28.0 Å². The van der Waals surface area contributed by atoms with Crippen LogP contribution in [0.25, 0.3) is 10.2 Å². The third kappa shape index (κ3) is 3.67. The highest BCUT2D eigenvalue weighted by molar-refractivity contribution is 7.98. The number of nitrogens with zero attached hydrogens (tertiary/aromatic N) is 2. The van der Waals surface area contributed by atoms with Gasteiger partial charge in [0.15, 0.2) is 5.13 Å². The molecule has 0 radical (unpaired) electrons. The van der Waals surface area contributed by atoms with Crippen molar-refractivity contribution in [3.8, 4) is 0 Å². The Morgan fingerprint density at radius 1 is 1.14 bits per heavy atom. The highest BCUT2D eigenvalue weighted by Crippen LogP contribution is 2.32. The summed E-state index contributed by atoms with van der Waals surface area (Å²) in [6, 6.07) is 12.0. The first kappa shape index (κ1) is 19.4. The minimum absolute atomic E-state index is 0.218. The number of rotatable bonds is 5. The maximum Gasteiger partial charge on any atom is 0.257 e. The lowest BCUT2D eigenvalue weighted by atomic mass is 10.2. The number of anilines is 1. The molecule has 0 unspecified atom stereocenters. The summed E-state index contributed by atoms with van der Waals surface area (Å²) in [6.45, 7) is 1.11. The molecule has 1 saturated heterocycles.